The van der Waals surface area contributed by atoms with Crippen LogP contribution in [0.25, 0.3) is 5.69 Å². The summed E-state index contributed by atoms with van der Waals surface area (Å²) in [4.78, 5) is 12.9. The van der Waals surface area contributed by atoms with Crippen LogP contribution in [-0.4, -0.2) is 22.8 Å². The molecule has 0 bridgehead atoms. The largest absolute Gasteiger partial charge is 0.494 e. The van der Waals surface area contributed by atoms with Gasteiger partial charge in [-0.3, -0.25) is 4.79 Å². The number of carbonyl (C=O) groups excluding carboxylic acids is 1. The van der Waals surface area contributed by atoms with Crippen molar-refractivity contribution in [1.82, 2.24) is 15.1 Å². The smallest absolute Gasteiger partial charge is 0.255 e. The second-order valence-corrected chi connectivity index (χ2v) is 7.44. The Morgan fingerprint density at radius 3 is 2.50 bits per heavy atom. The fourth-order valence-electron chi connectivity index (χ4n) is 3.11. The Balaban J connectivity index is 1.84. The number of nitrogens with one attached hydrogen (secondary N) is 1. The van der Waals surface area contributed by atoms with Gasteiger partial charge in [-0.05, 0) is 62.7 Å². The van der Waals surface area contributed by atoms with Crippen LogP contribution in [0.3, 0.4) is 0 Å². The van der Waals surface area contributed by atoms with Crippen molar-refractivity contribution >= 4 is 21.8 Å². The summed E-state index contributed by atoms with van der Waals surface area (Å²) in [6.45, 7) is 5.46. The molecule has 2 aromatic carbocycles. The van der Waals surface area contributed by atoms with Crippen LogP contribution in [0.5, 0.6) is 5.75 Å². The van der Waals surface area contributed by atoms with Crippen molar-refractivity contribution in [3.05, 3.63) is 75.3 Å². The Kier molecular flexibility index (Phi) is 5.84. The zero-order chi connectivity index (χ0) is 20.4. The van der Waals surface area contributed by atoms with Gasteiger partial charge in [0.1, 0.15) is 0 Å². The second kappa shape index (κ2) is 8.14. The molecule has 1 N–H and O–H groups in total. The van der Waals surface area contributed by atoms with Gasteiger partial charge in [-0.1, -0.05) is 22.0 Å². The average Bonchev–Trinajstić information content (AvgIpc) is 2.96. The number of nitrogens with zero attached hydrogens (tertiary/aromatic N) is 2. The maximum atomic E-state index is 14.0. The molecular formula is C21H21BrFN3O2. The van der Waals surface area contributed by atoms with Crippen LogP contribution in [0.1, 0.15) is 40.3 Å². The molecule has 0 aliphatic carbocycles. The highest BCUT2D eigenvalue weighted by Gasteiger charge is 2.21. The topological polar surface area (TPSA) is 56.1 Å². The molecule has 0 radical (unpaired) electrons. The number of hydrogen-bond acceptors (Lipinski definition) is 3. The second-order valence-electron chi connectivity index (χ2n) is 6.52. The highest BCUT2D eigenvalue weighted by atomic mass is 79.9. The van der Waals surface area contributed by atoms with Crippen molar-refractivity contribution < 1.29 is 13.9 Å². The predicted molar refractivity (Wildman–Crippen MR) is 110 cm³/mol. The van der Waals surface area contributed by atoms with Crippen LogP contribution in [0.15, 0.2) is 46.9 Å². The number of rotatable bonds is 5. The molecule has 28 heavy (non-hydrogen) atoms. The van der Waals surface area contributed by atoms with Crippen LogP contribution < -0.4 is 10.1 Å². The van der Waals surface area contributed by atoms with E-state index < -0.39 is 5.82 Å². The molecule has 1 atom stereocenters. The fourth-order valence-corrected chi connectivity index (χ4v) is 3.37. The average molecular weight is 446 g/mol. The minimum atomic E-state index is -0.462. The minimum Gasteiger partial charge on any atom is -0.494 e. The maximum Gasteiger partial charge on any atom is 0.255 e. The molecule has 146 valence electrons. The summed E-state index contributed by atoms with van der Waals surface area (Å²) >= 11 is 3.41. The molecule has 1 amide bonds. The molecule has 0 aliphatic heterocycles. The van der Waals surface area contributed by atoms with E-state index >= 15 is 0 Å². The molecule has 0 fully saturated rings. The van der Waals surface area contributed by atoms with Crippen molar-refractivity contribution in [2.24, 2.45) is 0 Å². The third-order valence-corrected chi connectivity index (χ3v) is 5.14. The number of hydrogen-bond donors (Lipinski definition) is 1. The van der Waals surface area contributed by atoms with E-state index in [4.69, 9.17) is 4.74 Å². The van der Waals surface area contributed by atoms with Crippen molar-refractivity contribution in [3.63, 3.8) is 0 Å². The van der Waals surface area contributed by atoms with Crippen LogP contribution in [0, 0.1) is 19.7 Å². The molecule has 3 rings (SSSR count). The van der Waals surface area contributed by atoms with Gasteiger partial charge in [-0.25, -0.2) is 9.07 Å². The summed E-state index contributed by atoms with van der Waals surface area (Å²) in [5.74, 6) is -0.539. The Labute approximate surface area is 171 Å². The number of carbonyl (C=O) groups is 1. The lowest BCUT2D eigenvalue weighted by molar-refractivity contribution is 0.0938. The van der Waals surface area contributed by atoms with Crippen molar-refractivity contribution in [2.45, 2.75) is 26.8 Å². The van der Waals surface area contributed by atoms with Gasteiger partial charge < -0.3 is 10.1 Å². The molecular weight excluding hydrogens is 425 g/mol. The lowest BCUT2D eigenvalue weighted by atomic mass is 10.1. The molecule has 0 aliphatic rings. The van der Waals surface area contributed by atoms with Gasteiger partial charge >= 0.3 is 0 Å². The van der Waals surface area contributed by atoms with E-state index in [0.29, 0.717) is 16.8 Å². The van der Waals surface area contributed by atoms with Crippen LogP contribution in [0.2, 0.25) is 0 Å². The quantitative estimate of drug-likeness (QED) is 0.607. The summed E-state index contributed by atoms with van der Waals surface area (Å²) in [5, 5.41) is 7.44. The number of amides is 1. The summed E-state index contributed by atoms with van der Waals surface area (Å²) < 4.78 is 21.6. The van der Waals surface area contributed by atoms with Crippen molar-refractivity contribution in [3.8, 4) is 11.4 Å². The first-order valence-corrected chi connectivity index (χ1v) is 9.57. The Morgan fingerprint density at radius 2 is 1.89 bits per heavy atom. The van der Waals surface area contributed by atoms with Gasteiger partial charge in [0.15, 0.2) is 11.6 Å². The van der Waals surface area contributed by atoms with Crippen LogP contribution in [-0.2, 0) is 0 Å². The van der Waals surface area contributed by atoms with Gasteiger partial charge in [0, 0.05) is 4.47 Å². The highest BCUT2D eigenvalue weighted by molar-refractivity contribution is 9.10. The number of methoxy groups -OCH3 is 1. The first kappa shape index (κ1) is 20.1. The van der Waals surface area contributed by atoms with Crippen LogP contribution >= 0.6 is 15.9 Å². The zero-order valence-electron chi connectivity index (χ0n) is 16.1. The third kappa shape index (κ3) is 3.94. The standard InChI is InChI=1S/C21H21BrFN3O2/c1-12(15-5-10-19(28-4)18(23)11-15)24-21(27)20-13(2)25-26(14(20)3)17-8-6-16(22)7-9-17/h5-12H,1-4H3,(H,24,27). The molecule has 0 spiro atoms. The Bertz CT molecular complexity index is 1020. The van der Waals surface area contributed by atoms with Gasteiger partial charge in [0.05, 0.1) is 35.8 Å². The maximum absolute atomic E-state index is 14.0. The summed E-state index contributed by atoms with van der Waals surface area (Å²) in [6, 6.07) is 12.0. The van der Waals surface area contributed by atoms with Crippen molar-refractivity contribution in [1.29, 1.82) is 0 Å². The van der Waals surface area contributed by atoms with Gasteiger partial charge in [-0.2, -0.15) is 5.10 Å². The van der Waals surface area contributed by atoms with E-state index in [1.165, 1.54) is 13.2 Å². The predicted octanol–water partition coefficient (Wildman–Crippen LogP) is 4.89. The van der Waals surface area contributed by atoms with E-state index in [-0.39, 0.29) is 17.7 Å². The zero-order valence-corrected chi connectivity index (χ0v) is 17.7. The molecule has 3 aromatic rings. The summed E-state index contributed by atoms with van der Waals surface area (Å²) in [7, 11) is 1.41. The molecule has 0 saturated heterocycles. The minimum absolute atomic E-state index is 0.171. The molecule has 7 heteroatoms. The van der Waals surface area contributed by atoms with E-state index in [9.17, 15) is 9.18 Å². The normalized spacial score (nSPS) is 11.9. The number of aromatic nitrogens is 2. The monoisotopic (exact) mass is 445 g/mol. The first-order chi connectivity index (χ1) is 13.3. The van der Waals surface area contributed by atoms with Gasteiger partial charge in [0.25, 0.3) is 5.91 Å². The highest BCUT2D eigenvalue weighted by Crippen LogP contribution is 2.24. The molecule has 5 nitrogen and oxygen atoms in total. The number of benzene rings is 2. The number of aryl methyl sites for hydroxylation is 1. The molecule has 1 unspecified atom stereocenters. The molecule has 0 saturated carbocycles. The number of ether oxygens (including phenoxy) is 1. The van der Waals surface area contributed by atoms with E-state index in [0.717, 1.165) is 15.9 Å². The first-order valence-electron chi connectivity index (χ1n) is 8.78. The molecule has 1 aromatic heterocycles. The Hall–Kier alpha value is -2.67. The summed E-state index contributed by atoms with van der Waals surface area (Å²) in [5.41, 5.74) is 3.41. The van der Waals surface area contributed by atoms with Crippen molar-refractivity contribution in [2.75, 3.05) is 7.11 Å². The van der Waals surface area contributed by atoms with E-state index in [1.54, 1.807) is 23.7 Å². The third-order valence-electron chi connectivity index (χ3n) is 4.61. The van der Waals surface area contributed by atoms with E-state index in [2.05, 4.69) is 26.3 Å². The SMILES string of the molecule is COc1ccc(C(C)NC(=O)c2c(C)nn(-c3ccc(Br)cc3)c2C)cc1F. The lowest BCUT2D eigenvalue weighted by Crippen LogP contribution is -2.27. The molecule has 1 heterocycles. The van der Waals surface area contributed by atoms with Crippen LogP contribution in [0.4, 0.5) is 4.39 Å². The van der Waals surface area contributed by atoms with Gasteiger partial charge in [-0.15, -0.1) is 0 Å². The van der Waals surface area contributed by atoms with E-state index in [1.807, 2.05) is 38.1 Å². The Morgan fingerprint density at radius 1 is 1.21 bits per heavy atom. The summed E-state index contributed by atoms with van der Waals surface area (Å²) in [6.07, 6.45) is 0. The fraction of sp³-hybridized carbons (Fsp3) is 0.238. The van der Waals surface area contributed by atoms with Gasteiger partial charge in [0.2, 0.25) is 0 Å². The lowest BCUT2D eigenvalue weighted by Gasteiger charge is -2.15. The number of halogens is 2.